The predicted octanol–water partition coefficient (Wildman–Crippen LogP) is 3.01. The maximum Gasteiger partial charge on any atom is 0.337 e. The number of carboxylic acid groups (broad SMARTS) is 1. The van der Waals surface area contributed by atoms with Crippen LogP contribution >= 0.6 is 0 Å². The first-order valence-electron chi connectivity index (χ1n) is 6.33. The molecule has 0 aliphatic heterocycles. The van der Waals surface area contributed by atoms with E-state index in [1.807, 2.05) is 0 Å². The lowest BCUT2D eigenvalue weighted by Gasteiger charge is -2.22. The van der Waals surface area contributed by atoms with E-state index in [0.717, 1.165) is 11.5 Å². The molecule has 5 heteroatoms. The average Bonchev–Trinajstić information content (AvgIpc) is 2.66. The SMILES string of the molecule is CC(C)n1c(C(C)(C)C)nc2cc(C(=O)O)cnc21. The van der Waals surface area contributed by atoms with E-state index in [1.165, 1.54) is 6.20 Å². The number of pyridine rings is 1. The molecule has 0 radical (unpaired) electrons. The van der Waals surface area contributed by atoms with E-state index in [4.69, 9.17) is 5.11 Å². The molecular formula is C14H19N3O2. The highest BCUT2D eigenvalue weighted by molar-refractivity contribution is 5.90. The summed E-state index contributed by atoms with van der Waals surface area (Å²) in [6.07, 6.45) is 1.39. The van der Waals surface area contributed by atoms with E-state index in [1.54, 1.807) is 6.07 Å². The first-order valence-corrected chi connectivity index (χ1v) is 6.33. The quantitative estimate of drug-likeness (QED) is 0.902. The van der Waals surface area contributed by atoms with Crippen LogP contribution in [-0.2, 0) is 5.41 Å². The lowest BCUT2D eigenvalue weighted by atomic mass is 9.95. The Bertz CT molecular complexity index is 636. The van der Waals surface area contributed by atoms with Crippen LogP contribution in [0.2, 0.25) is 0 Å². The van der Waals surface area contributed by atoms with Crippen molar-refractivity contribution in [2.24, 2.45) is 0 Å². The Morgan fingerprint density at radius 3 is 2.47 bits per heavy atom. The molecule has 0 spiro atoms. The van der Waals surface area contributed by atoms with Crippen molar-refractivity contribution < 1.29 is 9.90 Å². The molecular weight excluding hydrogens is 242 g/mol. The number of carboxylic acids is 1. The second-order valence-corrected chi connectivity index (χ2v) is 6.02. The Morgan fingerprint density at radius 2 is 2.00 bits per heavy atom. The van der Waals surface area contributed by atoms with Gasteiger partial charge in [0.15, 0.2) is 5.65 Å². The zero-order valence-electron chi connectivity index (χ0n) is 11.9. The van der Waals surface area contributed by atoms with E-state index in [2.05, 4.69) is 49.2 Å². The van der Waals surface area contributed by atoms with Gasteiger partial charge in [-0.25, -0.2) is 14.8 Å². The van der Waals surface area contributed by atoms with Crippen LogP contribution in [0.15, 0.2) is 12.3 Å². The minimum Gasteiger partial charge on any atom is -0.478 e. The van der Waals surface area contributed by atoms with E-state index >= 15 is 0 Å². The van der Waals surface area contributed by atoms with Gasteiger partial charge in [0.2, 0.25) is 0 Å². The van der Waals surface area contributed by atoms with Crippen LogP contribution in [0.3, 0.4) is 0 Å². The van der Waals surface area contributed by atoms with Crippen LogP contribution in [0, 0.1) is 0 Å². The molecule has 0 aliphatic carbocycles. The molecule has 0 aromatic carbocycles. The van der Waals surface area contributed by atoms with Gasteiger partial charge in [0.25, 0.3) is 0 Å². The van der Waals surface area contributed by atoms with Crippen molar-refractivity contribution in [3.8, 4) is 0 Å². The summed E-state index contributed by atoms with van der Waals surface area (Å²) >= 11 is 0. The normalized spacial score (nSPS) is 12.3. The lowest BCUT2D eigenvalue weighted by molar-refractivity contribution is 0.0696. The Hall–Kier alpha value is -1.91. The number of fused-ring (bicyclic) bond motifs is 1. The Balaban J connectivity index is 2.77. The molecule has 0 aliphatic rings. The van der Waals surface area contributed by atoms with Gasteiger partial charge < -0.3 is 9.67 Å². The molecule has 2 rings (SSSR count). The molecule has 1 N–H and O–H groups in total. The number of carbonyl (C=O) groups is 1. The largest absolute Gasteiger partial charge is 0.478 e. The summed E-state index contributed by atoms with van der Waals surface area (Å²) in [6.45, 7) is 10.4. The second-order valence-electron chi connectivity index (χ2n) is 6.02. The number of aromatic nitrogens is 3. The first kappa shape index (κ1) is 13.5. The van der Waals surface area contributed by atoms with Crippen molar-refractivity contribution in [3.05, 3.63) is 23.7 Å². The zero-order chi connectivity index (χ0) is 14.4. The molecule has 0 unspecified atom stereocenters. The van der Waals surface area contributed by atoms with Gasteiger partial charge in [0.05, 0.1) is 5.56 Å². The van der Waals surface area contributed by atoms with Gasteiger partial charge in [0.1, 0.15) is 11.3 Å². The third-order valence-corrected chi connectivity index (χ3v) is 2.96. The van der Waals surface area contributed by atoms with Crippen molar-refractivity contribution in [2.75, 3.05) is 0 Å². The summed E-state index contributed by atoms with van der Waals surface area (Å²) in [4.78, 5) is 19.9. The van der Waals surface area contributed by atoms with Gasteiger partial charge in [-0.3, -0.25) is 0 Å². The molecule has 102 valence electrons. The van der Waals surface area contributed by atoms with Crippen LogP contribution in [0.25, 0.3) is 11.2 Å². The fourth-order valence-electron chi connectivity index (χ4n) is 2.12. The molecule has 5 nitrogen and oxygen atoms in total. The Kier molecular flexibility index (Phi) is 3.08. The Morgan fingerprint density at radius 1 is 1.37 bits per heavy atom. The number of hydrogen-bond acceptors (Lipinski definition) is 3. The summed E-state index contributed by atoms with van der Waals surface area (Å²) in [6, 6.07) is 1.81. The molecule has 0 bridgehead atoms. The van der Waals surface area contributed by atoms with Crippen LogP contribution < -0.4 is 0 Å². The highest BCUT2D eigenvalue weighted by atomic mass is 16.4. The van der Waals surface area contributed by atoms with Crippen LogP contribution in [-0.4, -0.2) is 25.6 Å². The minimum absolute atomic E-state index is 0.117. The summed E-state index contributed by atoms with van der Waals surface area (Å²) in [5.74, 6) is -0.0571. The van der Waals surface area contributed by atoms with Crippen molar-refractivity contribution in [1.82, 2.24) is 14.5 Å². The summed E-state index contributed by atoms with van der Waals surface area (Å²) in [5, 5.41) is 9.01. The average molecular weight is 261 g/mol. The summed E-state index contributed by atoms with van der Waals surface area (Å²) in [7, 11) is 0. The molecule has 0 saturated carbocycles. The van der Waals surface area contributed by atoms with Gasteiger partial charge in [0, 0.05) is 17.7 Å². The standard InChI is InChI=1S/C14H19N3O2/c1-8(2)17-11-10(16-13(17)14(3,4)5)6-9(7-15-11)12(18)19/h6-8H,1-5H3,(H,18,19). The van der Waals surface area contributed by atoms with Gasteiger partial charge in [-0.1, -0.05) is 20.8 Å². The maximum absolute atomic E-state index is 11.0. The lowest BCUT2D eigenvalue weighted by Crippen LogP contribution is -2.20. The number of nitrogens with zero attached hydrogens (tertiary/aromatic N) is 3. The van der Waals surface area contributed by atoms with Crippen LogP contribution in [0.5, 0.6) is 0 Å². The number of imidazole rings is 1. The fourth-order valence-corrected chi connectivity index (χ4v) is 2.12. The van der Waals surface area contributed by atoms with E-state index in [0.29, 0.717) is 5.52 Å². The molecule has 2 heterocycles. The maximum atomic E-state index is 11.0. The number of hydrogen-bond donors (Lipinski definition) is 1. The van der Waals surface area contributed by atoms with Crippen LogP contribution in [0.1, 0.15) is 56.8 Å². The highest BCUT2D eigenvalue weighted by Gasteiger charge is 2.25. The number of aromatic carboxylic acids is 1. The monoisotopic (exact) mass is 261 g/mol. The first-order chi connectivity index (χ1) is 8.71. The molecule has 0 amide bonds. The smallest absolute Gasteiger partial charge is 0.337 e. The Labute approximate surface area is 112 Å². The van der Waals surface area contributed by atoms with Crippen LogP contribution in [0.4, 0.5) is 0 Å². The van der Waals surface area contributed by atoms with Gasteiger partial charge >= 0.3 is 5.97 Å². The fraction of sp³-hybridized carbons (Fsp3) is 0.500. The topological polar surface area (TPSA) is 68.0 Å². The molecule has 2 aromatic rings. The molecule has 0 atom stereocenters. The van der Waals surface area contributed by atoms with E-state index in [-0.39, 0.29) is 17.0 Å². The van der Waals surface area contributed by atoms with Crippen molar-refractivity contribution in [1.29, 1.82) is 0 Å². The summed E-state index contributed by atoms with van der Waals surface area (Å²) < 4.78 is 2.07. The number of rotatable bonds is 2. The molecule has 0 saturated heterocycles. The van der Waals surface area contributed by atoms with E-state index < -0.39 is 5.97 Å². The summed E-state index contributed by atoms with van der Waals surface area (Å²) in [5.41, 5.74) is 1.43. The van der Waals surface area contributed by atoms with Gasteiger partial charge in [-0.15, -0.1) is 0 Å². The van der Waals surface area contributed by atoms with Gasteiger partial charge in [-0.05, 0) is 19.9 Å². The predicted molar refractivity (Wildman–Crippen MR) is 73.6 cm³/mol. The molecule has 2 aromatic heterocycles. The minimum atomic E-state index is -0.981. The molecule has 0 fully saturated rings. The third-order valence-electron chi connectivity index (χ3n) is 2.96. The van der Waals surface area contributed by atoms with Crippen molar-refractivity contribution in [2.45, 2.75) is 46.1 Å². The van der Waals surface area contributed by atoms with E-state index in [9.17, 15) is 4.79 Å². The third kappa shape index (κ3) is 2.32. The molecule has 19 heavy (non-hydrogen) atoms. The second kappa shape index (κ2) is 4.33. The highest BCUT2D eigenvalue weighted by Crippen LogP contribution is 2.28. The van der Waals surface area contributed by atoms with Crippen molar-refractivity contribution in [3.63, 3.8) is 0 Å². The zero-order valence-corrected chi connectivity index (χ0v) is 11.9. The van der Waals surface area contributed by atoms with Gasteiger partial charge in [-0.2, -0.15) is 0 Å². The van der Waals surface area contributed by atoms with Crippen molar-refractivity contribution >= 4 is 17.1 Å².